The average molecular weight is 482 g/mol. The lowest BCUT2D eigenvalue weighted by molar-refractivity contribution is -0.153. The molecule has 0 fully saturated rings. The first-order chi connectivity index (χ1) is 16.6. The molecule has 0 radical (unpaired) electrons. The number of para-hydroxylation sites is 1. The van der Waals surface area contributed by atoms with Gasteiger partial charge in [-0.1, -0.05) is 18.2 Å². The van der Waals surface area contributed by atoms with Crippen LogP contribution in [0.4, 0.5) is 13.2 Å². The molecule has 0 spiro atoms. The molecule has 2 aliphatic rings. The molecule has 0 bridgehead atoms. The summed E-state index contributed by atoms with van der Waals surface area (Å²) < 4.78 is 47.7. The van der Waals surface area contributed by atoms with Gasteiger partial charge in [0.25, 0.3) is 5.91 Å². The SMILES string of the molecule is Cc1cc(C(C)N2CC3=C(C=C=CC=C3C(=O)Oc3ccccc3)C2=O)ncc1OCC(F)(F)F. The molecule has 1 aromatic heterocycles. The Balaban J connectivity index is 1.53. The zero-order chi connectivity index (χ0) is 25.2. The summed E-state index contributed by atoms with van der Waals surface area (Å²) in [7, 11) is 0. The number of amides is 1. The topological polar surface area (TPSA) is 68.7 Å². The molecule has 1 atom stereocenters. The Hall–Kier alpha value is -4.10. The Morgan fingerprint density at radius 2 is 2.00 bits per heavy atom. The molecule has 180 valence electrons. The van der Waals surface area contributed by atoms with Crippen molar-refractivity contribution in [2.75, 3.05) is 13.2 Å². The number of allylic oxidation sites excluding steroid dienone is 1. The molecule has 1 aliphatic carbocycles. The predicted molar refractivity (Wildman–Crippen MR) is 120 cm³/mol. The van der Waals surface area contributed by atoms with Gasteiger partial charge in [0.1, 0.15) is 11.5 Å². The number of rotatable bonds is 6. The summed E-state index contributed by atoms with van der Waals surface area (Å²) in [5.41, 5.74) is 4.89. The first-order valence-corrected chi connectivity index (χ1v) is 10.7. The van der Waals surface area contributed by atoms with E-state index in [1.54, 1.807) is 62.4 Å². The van der Waals surface area contributed by atoms with Gasteiger partial charge in [0.15, 0.2) is 6.61 Å². The minimum Gasteiger partial charge on any atom is -0.482 e. The average Bonchev–Trinajstić information content (AvgIpc) is 2.99. The zero-order valence-corrected chi connectivity index (χ0v) is 18.9. The van der Waals surface area contributed by atoms with Gasteiger partial charge >= 0.3 is 12.1 Å². The van der Waals surface area contributed by atoms with E-state index in [9.17, 15) is 22.8 Å². The second-order valence-corrected chi connectivity index (χ2v) is 8.04. The molecule has 1 aromatic carbocycles. The third-order valence-corrected chi connectivity index (χ3v) is 5.59. The highest BCUT2D eigenvalue weighted by molar-refractivity contribution is 6.06. The van der Waals surface area contributed by atoms with E-state index in [1.807, 2.05) is 0 Å². The molecule has 9 heteroatoms. The van der Waals surface area contributed by atoms with Crippen LogP contribution in [0.15, 0.2) is 83.3 Å². The fourth-order valence-corrected chi connectivity index (χ4v) is 3.77. The lowest BCUT2D eigenvalue weighted by Gasteiger charge is -2.25. The first kappa shape index (κ1) is 24.0. The molecule has 2 heterocycles. The van der Waals surface area contributed by atoms with Gasteiger partial charge in [0.05, 0.1) is 29.1 Å². The Bertz CT molecular complexity index is 1290. The number of carbonyl (C=O) groups is 2. The van der Waals surface area contributed by atoms with E-state index in [-0.39, 0.29) is 23.8 Å². The summed E-state index contributed by atoms with van der Waals surface area (Å²) in [6, 6.07) is 9.67. The number of aromatic nitrogens is 1. The fraction of sp³-hybridized carbons (Fsp3) is 0.231. The molecule has 1 amide bonds. The van der Waals surface area contributed by atoms with Crippen LogP contribution in [0.3, 0.4) is 0 Å². The molecule has 1 unspecified atom stereocenters. The first-order valence-electron chi connectivity index (χ1n) is 10.7. The van der Waals surface area contributed by atoms with Gasteiger partial charge in [-0.3, -0.25) is 9.78 Å². The standard InChI is InChI=1S/C26H21F3N2O4/c1-16-12-22(30-13-23(16)34-15-26(27,28)29)17(2)31-14-21-19(24(31)32)10-6-7-11-20(21)25(33)35-18-8-4-3-5-9-18/h3-5,7-13,17H,14-15H2,1-2H3. The minimum absolute atomic E-state index is 0.0156. The molecule has 0 N–H and O–H groups in total. The number of halogens is 3. The second kappa shape index (κ2) is 9.64. The van der Waals surface area contributed by atoms with E-state index in [4.69, 9.17) is 9.47 Å². The van der Waals surface area contributed by atoms with Crippen molar-refractivity contribution >= 4 is 11.9 Å². The van der Waals surface area contributed by atoms with E-state index < -0.39 is 24.8 Å². The van der Waals surface area contributed by atoms with E-state index in [1.165, 1.54) is 17.2 Å². The molecular weight excluding hydrogens is 461 g/mol. The van der Waals surface area contributed by atoms with Crippen LogP contribution in [0, 0.1) is 6.92 Å². The Labute approximate surface area is 199 Å². The van der Waals surface area contributed by atoms with Crippen molar-refractivity contribution in [3.05, 3.63) is 94.5 Å². The van der Waals surface area contributed by atoms with Crippen LogP contribution in [0.2, 0.25) is 0 Å². The minimum atomic E-state index is -4.46. The van der Waals surface area contributed by atoms with Crippen molar-refractivity contribution in [3.63, 3.8) is 0 Å². The lowest BCUT2D eigenvalue weighted by atomic mass is 10.0. The highest BCUT2D eigenvalue weighted by Gasteiger charge is 2.37. The van der Waals surface area contributed by atoms with Crippen LogP contribution in [-0.4, -0.2) is 41.1 Å². The molecule has 1 aliphatic heterocycles. The highest BCUT2D eigenvalue weighted by Crippen LogP contribution is 2.34. The zero-order valence-electron chi connectivity index (χ0n) is 18.9. The molecule has 35 heavy (non-hydrogen) atoms. The third-order valence-electron chi connectivity index (χ3n) is 5.59. The molecule has 0 saturated heterocycles. The largest absolute Gasteiger partial charge is 0.482 e. The van der Waals surface area contributed by atoms with E-state index in [0.717, 1.165) is 0 Å². The van der Waals surface area contributed by atoms with Crippen LogP contribution in [-0.2, 0) is 9.59 Å². The van der Waals surface area contributed by atoms with Crippen LogP contribution in [0.5, 0.6) is 11.5 Å². The predicted octanol–water partition coefficient (Wildman–Crippen LogP) is 4.79. The summed E-state index contributed by atoms with van der Waals surface area (Å²) in [5, 5.41) is 0. The van der Waals surface area contributed by atoms with Gasteiger partial charge in [-0.15, -0.1) is 5.73 Å². The Morgan fingerprint density at radius 1 is 1.26 bits per heavy atom. The molecule has 4 rings (SSSR count). The smallest absolute Gasteiger partial charge is 0.422 e. The molecule has 6 nitrogen and oxygen atoms in total. The van der Waals surface area contributed by atoms with Gasteiger partial charge < -0.3 is 14.4 Å². The van der Waals surface area contributed by atoms with E-state index >= 15 is 0 Å². The summed E-state index contributed by atoms with van der Waals surface area (Å²) in [6.45, 7) is 2.08. The van der Waals surface area contributed by atoms with Crippen molar-refractivity contribution in [1.82, 2.24) is 9.88 Å². The number of aryl methyl sites for hydroxylation is 1. The number of ether oxygens (including phenoxy) is 2. The van der Waals surface area contributed by atoms with Gasteiger partial charge in [-0.2, -0.15) is 13.2 Å². The normalized spacial score (nSPS) is 16.1. The number of esters is 1. The Kier molecular flexibility index (Phi) is 6.62. The monoisotopic (exact) mass is 482 g/mol. The Morgan fingerprint density at radius 3 is 2.69 bits per heavy atom. The van der Waals surface area contributed by atoms with Crippen molar-refractivity contribution < 1.29 is 32.2 Å². The molecular formula is C26H21F3N2O4. The third kappa shape index (κ3) is 5.36. The van der Waals surface area contributed by atoms with Crippen molar-refractivity contribution in [1.29, 1.82) is 0 Å². The van der Waals surface area contributed by atoms with Crippen LogP contribution < -0.4 is 9.47 Å². The summed E-state index contributed by atoms with van der Waals surface area (Å²) in [4.78, 5) is 31.9. The van der Waals surface area contributed by atoms with Gasteiger partial charge in [-0.05, 0) is 61.4 Å². The number of pyridine rings is 1. The van der Waals surface area contributed by atoms with Gasteiger partial charge in [0, 0.05) is 6.54 Å². The fourth-order valence-electron chi connectivity index (χ4n) is 3.77. The number of alkyl halides is 3. The number of hydrogen-bond acceptors (Lipinski definition) is 5. The molecule has 0 saturated carbocycles. The van der Waals surface area contributed by atoms with Crippen molar-refractivity contribution in [2.45, 2.75) is 26.1 Å². The molecule has 2 aromatic rings. The van der Waals surface area contributed by atoms with Gasteiger partial charge in [-0.25, -0.2) is 4.79 Å². The van der Waals surface area contributed by atoms with Gasteiger partial charge in [0.2, 0.25) is 0 Å². The summed E-state index contributed by atoms with van der Waals surface area (Å²) in [5.74, 6) is -0.518. The second-order valence-electron chi connectivity index (χ2n) is 8.04. The van der Waals surface area contributed by atoms with E-state index in [0.29, 0.717) is 28.2 Å². The number of hydrogen-bond donors (Lipinski definition) is 0. The maximum atomic E-state index is 13.2. The van der Waals surface area contributed by atoms with Crippen molar-refractivity contribution in [2.24, 2.45) is 0 Å². The van der Waals surface area contributed by atoms with Crippen LogP contribution in [0.1, 0.15) is 24.2 Å². The number of carbonyl (C=O) groups excluding carboxylic acids is 2. The summed E-state index contributed by atoms with van der Waals surface area (Å²) >= 11 is 0. The highest BCUT2D eigenvalue weighted by atomic mass is 19.4. The van der Waals surface area contributed by atoms with Crippen molar-refractivity contribution in [3.8, 4) is 11.5 Å². The number of nitrogens with zero attached hydrogens (tertiary/aromatic N) is 2. The maximum Gasteiger partial charge on any atom is 0.422 e. The lowest BCUT2D eigenvalue weighted by Crippen LogP contribution is -2.31. The number of benzene rings is 1. The summed E-state index contributed by atoms with van der Waals surface area (Å²) in [6.07, 6.45) is 1.39. The maximum absolute atomic E-state index is 13.2. The van der Waals surface area contributed by atoms with E-state index in [2.05, 4.69) is 10.7 Å². The van der Waals surface area contributed by atoms with Crippen LogP contribution >= 0.6 is 0 Å². The van der Waals surface area contributed by atoms with Crippen LogP contribution in [0.25, 0.3) is 0 Å². The quantitative estimate of drug-likeness (QED) is 0.337.